The molecule has 0 atom stereocenters. The molecule has 1 rings (SSSR count). The van der Waals surface area contributed by atoms with Crippen molar-refractivity contribution in [3.63, 3.8) is 0 Å². The zero-order valence-electron chi connectivity index (χ0n) is 6.80. The summed E-state index contributed by atoms with van der Waals surface area (Å²) in [5, 5.41) is 0. The minimum atomic E-state index is -3.75. The lowest BCUT2D eigenvalue weighted by Gasteiger charge is -1.95. The number of sulfonamides is 1. The first-order valence-electron chi connectivity index (χ1n) is 3.39. The van der Waals surface area contributed by atoms with E-state index in [0.29, 0.717) is 0 Å². The van der Waals surface area contributed by atoms with E-state index in [0.717, 1.165) is 5.56 Å². The maximum absolute atomic E-state index is 11.2. The van der Waals surface area contributed by atoms with Crippen LogP contribution in [0.4, 0.5) is 0 Å². The molecule has 0 N–H and O–H groups in total. The van der Waals surface area contributed by atoms with E-state index >= 15 is 0 Å². The quantitative estimate of drug-likeness (QED) is 0.744. The Hall–Kier alpha value is -1.01. The highest BCUT2D eigenvalue weighted by Crippen LogP contribution is 2.12. The molecule has 0 fully saturated rings. The van der Waals surface area contributed by atoms with Crippen molar-refractivity contribution in [1.29, 1.82) is 0 Å². The van der Waals surface area contributed by atoms with Gasteiger partial charge in [0.2, 0.25) is 11.5 Å². The van der Waals surface area contributed by atoms with E-state index in [4.69, 9.17) is 0 Å². The number of rotatable bonds is 2. The van der Waals surface area contributed by atoms with Gasteiger partial charge in [-0.25, -0.2) is 0 Å². The maximum Gasteiger partial charge on any atom is 0.294 e. The molecule has 0 amide bonds. The molecule has 0 heterocycles. The van der Waals surface area contributed by atoms with Gasteiger partial charge in [-0.15, -0.1) is 0 Å². The van der Waals surface area contributed by atoms with Crippen LogP contribution in [0.3, 0.4) is 0 Å². The normalized spacial score (nSPS) is 10.8. The van der Waals surface area contributed by atoms with Gasteiger partial charge in [0.05, 0.1) is 4.90 Å². The average molecular weight is 217 g/mol. The largest absolute Gasteiger partial charge is 0.294 e. The molecule has 0 aliphatic heterocycles. The summed E-state index contributed by atoms with van der Waals surface area (Å²) in [6.45, 7) is 1.84. The molecule has 0 saturated heterocycles. The van der Waals surface area contributed by atoms with Crippen molar-refractivity contribution in [2.45, 2.75) is 11.8 Å². The lowest BCUT2D eigenvalue weighted by atomic mass is 10.2. The molecular formula is C7H7NO3S2. The van der Waals surface area contributed by atoms with Crippen LogP contribution in [-0.4, -0.2) is 12.6 Å². The summed E-state index contributed by atoms with van der Waals surface area (Å²) >= 11 is -0.305. The summed E-state index contributed by atoms with van der Waals surface area (Å²) in [6.07, 6.45) is 0. The van der Waals surface area contributed by atoms with Gasteiger partial charge >= 0.3 is 0 Å². The molecule has 70 valence electrons. The standard InChI is InChI=1S/C7H7NO3S2/c1-6-2-4-7(5-3-6)13(10,11)8-12-9/h2-5H,1H3. The van der Waals surface area contributed by atoms with Crippen LogP contribution in [0.15, 0.2) is 32.9 Å². The van der Waals surface area contributed by atoms with E-state index < -0.39 is 10.0 Å². The van der Waals surface area contributed by atoms with Gasteiger partial charge < -0.3 is 0 Å². The summed E-state index contributed by atoms with van der Waals surface area (Å²) in [7, 11) is -3.75. The predicted molar refractivity (Wildman–Crippen MR) is 48.9 cm³/mol. The number of aryl methyl sites for hydroxylation is 1. The van der Waals surface area contributed by atoms with E-state index in [9.17, 15) is 12.6 Å². The Balaban J connectivity index is 3.24. The van der Waals surface area contributed by atoms with Gasteiger partial charge in [0.15, 0.2) is 0 Å². The third-order valence-electron chi connectivity index (χ3n) is 1.45. The molecule has 0 spiro atoms. The highest BCUT2D eigenvalue weighted by Gasteiger charge is 2.10. The number of nitrogens with zero attached hydrogens (tertiary/aromatic N) is 1. The second-order valence-electron chi connectivity index (χ2n) is 2.44. The first-order chi connectivity index (χ1) is 6.06. The van der Waals surface area contributed by atoms with E-state index in [1.54, 1.807) is 12.1 Å². The molecule has 0 bridgehead atoms. The minimum Gasteiger partial charge on any atom is -0.198 e. The summed E-state index contributed by atoms with van der Waals surface area (Å²) in [4.78, 5) is 0.0430. The molecule has 6 heteroatoms. The highest BCUT2D eigenvalue weighted by molar-refractivity contribution is 7.93. The van der Waals surface area contributed by atoms with Crippen molar-refractivity contribution >= 4 is 21.5 Å². The molecule has 1 aromatic carbocycles. The average Bonchev–Trinajstić information content (AvgIpc) is 2.05. The van der Waals surface area contributed by atoms with Crippen molar-refractivity contribution in [3.05, 3.63) is 29.8 Å². The Kier molecular flexibility index (Phi) is 2.94. The van der Waals surface area contributed by atoms with Crippen LogP contribution < -0.4 is 0 Å². The van der Waals surface area contributed by atoms with Gasteiger partial charge in [0.25, 0.3) is 10.0 Å². The van der Waals surface area contributed by atoms with Gasteiger partial charge in [0.1, 0.15) is 0 Å². The topological polar surface area (TPSA) is 63.6 Å². The van der Waals surface area contributed by atoms with Gasteiger partial charge in [-0.05, 0) is 19.1 Å². The molecule has 1 aromatic rings. The van der Waals surface area contributed by atoms with E-state index in [1.807, 2.05) is 6.92 Å². The summed E-state index contributed by atoms with van der Waals surface area (Å²) in [5.74, 6) is 0. The molecule has 13 heavy (non-hydrogen) atoms. The molecule has 0 aliphatic carbocycles. The Bertz CT molecular complexity index is 443. The molecule has 0 radical (unpaired) electrons. The first kappa shape index (κ1) is 10.1. The number of hydrogen-bond acceptors (Lipinski definition) is 3. The Morgan fingerprint density at radius 1 is 1.23 bits per heavy atom. The van der Waals surface area contributed by atoms with Crippen LogP contribution in [0.25, 0.3) is 0 Å². The molecule has 0 unspecified atom stereocenters. The fraction of sp³-hybridized carbons (Fsp3) is 0.143. The smallest absolute Gasteiger partial charge is 0.198 e. The van der Waals surface area contributed by atoms with Gasteiger partial charge in [-0.3, -0.25) is 0 Å². The van der Waals surface area contributed by atoms with Crippen molar-refractivity contribution in [1.82, 2.24) is 0 Å². The first-order valence-corrected chi connectivity index (χ1v) is 5.53. The second-order valence-corrected chi connectivity index (χ2v) is 4.60. The molecule has 0 saturated carbocycles. The Morgan fingerprint density at radius 2 is 1.77 bits per heavy atom. The van der Waals surface area contributed by atoms with E-state index in [-0.39, 0.29) is 16.4 Å². The van der Waals surface area contributed by atoms with Crippen LogP contribution in [0.1, 0.15) is 5.56 Å². The fourth-order valence-electron chi connectivity index (χ4n) is 0.793. The van der Waals surface area contributed by atoms with Crippen molar-refractivity contribution in [3.8, 4) is 0 Å². The van der Waals surface area contributed by atoms with Crippen molar-refractivity contribution in [2.24, 2.45) is 3.77 Å². The second kappa shape index (κ2) is 3.80. The van der Waals surface area contributed by atoms with Crippen LogP contribution >= 0.6 is 0 Å². The van der Waals surface area contributed by atoms with Gasteiger partial charge in [-0.2, -0.15) is 12.6 Å². The maximum atomic E-state index is 11.2. The minimum absolute atomic E-state index is 0.0430. The lowest BCUT2D eigenvalue weighted by molar-refractivity contribution is 0.598. The predicted octanol–water partition coefficient (Wildman–Crippen LogP) is 1.08. The van der Waals surface area contributed by atoms with Crippen LogP contribution in [0.5, 0.6) is 0 Å². The number of hydrogen-bond donors (Lipinski definition) is 0. The third kappa shape index (κ3) is 2.46. The summed E-state index contributed by atoms with van der Waals surface area (Å²) < 4.78 is 35.2. The Morgan fingerprint density at radius 3 is 2.23 bits per heavy atom. The fourth-order valence-corrected chi connectivity index (χ4v) is 1.94. The molecule has 0 aromatic heterocycles. The SMILES string of the molecule is Cc1ccc(S(=O)(=O)N=S=O)cc1. The lowest BCUT2D eigenvalue weighted by Crippen LogP contribution is -1.94. The van der Waals surface area contributed by atoms with Crippen molar-refractivity contribution < 1.29 is 12.6 Å². The monoisotopic (exact) mass is 217 g/mol. The molecular weight excluding hydrogens is 210 g/mol. The summed E-state index contributed by atoms with van der Waals surface area (Å²) in [6, 6.07) is 6.14. The van der Waals surface area contributed by atoms with Crippen LogP contribution in [0, 0.1) is 6.92 Å². The van der Waals surface area contributed by atoms with E-state index in [2.05, 4.69) is 3.77 Å². The highest BCUT2D eigenvalue weighted by atomic mass is 32.2. The zero-order valence-corrected chi connectivity index (χ0v) is 8.43. The summed E-state index contributed by atoms with van der Waals surface area (Å²) in [5.41, 5.74) is 0.953. The van der Waals surface area contributed by atoms with Gasteiger partial charge in [0, 0.05) is 0 Å². The van der Waals surface area contributed by atoms with Crippen LogP contribution in [-0.2, 0) is 21.5 Å². The van der Waals surface area contributed by atoms with Crippen molar-refractivity contribution in [2.75, 3.05) is 0 Å². The Labute approximate surface area is 79.9 Å². The van der Waals surface area contributed by atoms with E-state index in [1.165, 1.54) is 12.1 Å². The third-order valence-corrected chi connectivity index (χ3v) is 3.34. The molecule has 4 nitrogen and oxygen atoms in total. The molecule has 0 aliphatic rings. The zero-order chi connectivity index (χ0) is 9.90. The van der Waals surface area contributed by atoms with Crippen LogP contribution in [0.2, 0.25) is 0 Å². The van der Waals surface area contributed by atoms with Gasteiger partial charge in [-0.1, -0.05) is 21.5 Å². The number of benzene rings is 1.